The molecular weight excluding hydrogens is 481 g/mol. The standard InChI is InChI=1S/C27H31ClFN5O2/c28-23-15-31-21(9-2-1-5-11-34-12-6-8-20(18-34)27(35)36)13-22(23)25-16-30-17-26(33-25)32-14-19-7-3-4-10-24(19)29/h3-4,7,10,13,15-17,20H,1-2,5-6,8-9,11-12,14,18H2,(H,32,33)(H,35,36)/t20-/m1/s1. The van der Waals surface area contributed by atoms with Crippen molar-refractivity contribution in [3.63, 3.8) is 0 Å². The first-order valence-electron chi connectivity index (χ1n) is 12.4. The molecule has 1 aliphatic rings. The third kappa shape index (κ3) is 7.21. The Morgan fingerprint density at radius 1 is 1.19 bits per heavy atom. The van der Waals surface area contributed by atoms with E-state index in [1.807, 2.05) is 6.07 Å². The molecule has 1 fully saturated rings. The average Bonchev–Trinajstić information content (AvgIpc) is 2.89. The Bertz CT molecular complexity index is 1180. The van der Waals surface area contributed by atoms with Crippen molar-refractivity contribution in [2.45, 2.75) is 45.1 Å². The van der Waals surface area contributed by atoms with Crippen molar-refractivity contribution in [1.82, 2.24) is 19.9 Å². The molecule has 1 aliphatic heterocycles. The number of unbranched alkanes of at least 4 members (excludes halogenated alkanes) is 2. The molecule has 1 atom stereocenters. The van der Waals surface area contributed by atoms with E-state index >= 15 is 0 Å². The number of likely N-dealkylation sites (tertiary alicyclic amines) is 1. The third-order valence-electron chi connectivity index (χ3n) is 6.50. The molecule has 190 valence electrons. The smallest absolute Gasteiger partial charge is 0.307 e. The zero-order chi connectivity index (χ0) is 25.3. The number of hydrogen-bond acceptors (Lipinski definition) is 6. The van der Waals surface area contributed by atoms with Crippen molar-refractivity contribution in [2.75, 3.05) is 25.0 Å². The molecule has 0 bridgehead atoms. The third-order valence-corrected chi connectivity index (χ3v) is 6.80. The van der Waals surface area contributed by atoms with Crippen molar-refractivity contribution in [1.29, 1.82) is 0 Å². The molecule has 1 aromatic carbocycles. The number of aliphatic carboxylic acids is 1. The normalized spacial score (nSPS) is 16.1. The molecule has 9 heteroatoms. The predicted molar refractivity (Wildman–Crippen MR) is 138 cm³/mol. The number of benzene rings is 1. The number of anilines is 1. The van der Waals surface area contributed by atoms with Crippen molar-refractivity contribution in [2.24, 2.45) is 5.92 Å². The van der Waals surface area contributed by atoms with Crippen LogP contribution in [0.4, 0.5) is 10.2 Å². The van der Waals surface area contributed by atoms with Crippen LogP contribution in [0.3, 0.4) is 0 Å². The second kappa shape index (κ2) is 12.7. The molecule has 4 rings (SSSR count). The van der Waals surface area contributed by atoms with Crippen molar-refractivity contribution in [3.05, 3.63) is 71.0 Å². The van der Waals surface area contributed by atoms with Crippen LogP contribution in [0.25, 0.3) is 11.3 Å². The Kier molecular flexibility index (Phi) is 9.19. The summed E-state index contributed by atoms with van der Waals surface area (Å²) in [7, 11) is 0. The zero-order valence-corrected chi connectivity index (χ0v) is 20.9. The maximum atomic E-state index is 13.9. The Morgan fingerprint density at radius 2 is 2.06 bits per heavy atom. The van der Waals surface area contributed by atoms with E-state index < -0.39 is 5.97 Å². The van der Waals surface area contributed by atoms with E-state index in [1.165, 1.54) is 6.07 Å². The van der Waals surface area contributed by atoms with Crippen LogP contribution in [0.1, 0.15) is 43.4 Å². The van der Waals surface area contributed by atoms with Gasteiger partial charge in [0.2, 0.25) is 0 Å². The molecule has 0 amide bonds. The molecule has 3 aromatic rings. The van der Waals surface area contributed by atoms with Crippen LogP contribution >= 0.6 is 11.6 Å². The summed E-state index contributed by atoms with van der Waals surface area (Å²) in [5.74, 6) is -0.642. The second-order valence-electron chi connectivity index (χ2n) is 9.18. The topological polar surface area (TPSA) is 91.2 Å². The number of aromatic nitrogens is 3. The lowest BCUT2D eigenvalue weighted by Crippen LogP contribution is -2.39. The van der Waals surface area contributed by atoms with Crippen LogP contribution in [-0.4, -0.2) is 50.6 Å². The monoisotopic (exact) mass is 511 g/mol. The molecule has 2 N–H and O–H groups in total. The molecule has 7 nitrogen and oxygen atoms in total. The van der Waals surface area contributed by atoms with Crippen LogP contribution in [0.2, 0.25) is 5.02 Å². The molecule has 0 spiro atoms. The zero-order valence-electron chi connectivity index (χ0n) is 20.2. The molecular formula is C27H31ClFN5O2. The van der Waals surface area contributed by atoms with Gasteiger partial charge in [0, 0.05) is 36.1 Å². The minimum Gasteiger partial charge on any atom is -0.481 e. The fourth-order valence-corrected chi connectivity index (χ4v) is 4.70. The number of nitrogens with zero attached hydrogens (tertiary/aromatic N) is 4. The van der Waals surface area contributed by atoms with Gasteiger partial charge in [-0.1, -0.05) is 36.2 Å². The number of nitrogens with one attached hydrogen (secondary N) is 1. The summed E-state index contributed by atoms with van der Waals surface area (Å²) in [6, 6.07) is 8.57. The highest BCUT2D eigenvalue weighted by Crippen LogP contribution is 2.27. The van der Waals surface area contributed by atoms with E-state index in [4.69, 9.17) is 11.6 Å². The Balaban J connectivity index is 1.29. The van der Waals surface area contributed by atoms with E-state index in [-0.39, 0.29) is 11.7 Å². The van der Waals surface area contributed by atoms with Gasteiger partial charge >= 0.3 is 5.97 Å². The van der Waals surface area contributed by atoms with Gasteiger partial charge in [0.05, 0.1) is 29.0 Å². The number of pyridine rings is 1. The SMILES string of the molecule is O=C(O)[C@@H]1CCCN(CCCCCc2cc(-c3cncc(NCc4ccccc4F)n3)c(Cl)cn2)C1. The highest BCUT2D eigenvalue weighted by atomic mass is 35.5. The van der Waals surface area contributed by atoms with E-state index in [0.717, 1.165) is 62.9 Å². The maximum Gasteiger partial charge on any atom is 0.307 e. The summed E-state index contributed by atoms with van der Waals surface area (Å²) in [6.07, 6.45) is 10.5. The fraction of sp³-hybridized carbons (Fsp3) is 0.407. The first-order valence-corrected chi connectivity index (χ1v) is 12.8. The number of carbonyl (C=O) groups is 1. The molecule has 0 saturated carbocycles. The van der Waals surface area contributed by atoms with Gasteiger partial charge in [-0.25, -0.2) is 9.37 Å². The minimum atomic E-state index is -0.680. The number of hydrogen-bond donors (Lipinski definition) is 2. The molecule has 36 heavy (non-hydrogen) atoms. The Labute approximate surface area is 215 Å². The lowest BCUT2D eigenvalue weighted by molar-refractivity contribution is -0.143. The van der Waals surface area contributed by atoms with E-state index in [2.05, 4.69) is 25.2 Å². The molecule has 0 aliphatic carbocycles. The predicted octanol–water partition coefficient (Wildman–Crippen LogP) is 5.45. The summed E-state index contributed by atoms with van der Waals surface area (Å²) < 4.78 is 13.9. The van der Waals surface area contributed by atoms with E-state index in [0.29, 0.717) is 35.2 Å². The molecule has 2 aromatic heterocycles. The molecule has 0 unspecified atom stereocenters. The van der Waals surface area contributed by atoms with Gasteiger partial charge < -0.3 is 15.3 Å². The first kappa shape index (κ1) is 26.0. The minimum absolute atomic E-state index is 0.230. The highest BCUT2D eigenvalue weighted by Gasteiger charge is 2.24. The van der Waals surface area contributed by atoms with Gasteiger partial charge in [-0.05, 0) is 57.3 Å². The molecule has 0 radical (unpaired) electrons. The summed E-state index contributed by atoms with van der Waals surface area (Å²) in [6.45, 7) is 2.88. The molecule has 3 heterocycles. The summed E-state index contributed by atoms with van der Waals surface area (Å²) in [5, 5.41) is 12.9. The number of aryl methyl sites for hydroxylation is 1. The summed E-state index contributed by atoms with van der Waals surface area (Å²) >= 11 is 6.43. The highest BCUT2D eigenvalue weighted by molar-refractivity contribution is 6.33. The van der Waals surface area contributed by atoms with Gasteiger partial charge in [0.25, 0.3) is 0 Å². The second-order valence-corrected chi connectivity index (χ2v) is 9.59. The van der Waals surface area contributed by atoms with Crippen molar-refractivity contribution < 1.29 is 14.3 Å². The lowest BCUT2D eigenvalue weighted by atomic mass is 9.98. The Morgan fingerprint density at radius 3 is 2.89 bits per heavy atom. The van der Waals surface area contributed by atoms with Gasteiger partial charge in [0.1, 0.15) is 11.6 Å². The van der Waals surface area contributed by atoms with Crippen LogP contribution in [0, 0.1) is 11.7 Å². The number of piperidine rings is 1. The van der Waals surface area contributed by atoms with Crippen LogP contribution in [0.5, 0.6) is 0 Å². The number of rotatable bonds is 11. The van der Waals surface area contributed by atoms with Crippen LogP contribution in [-0.2, 0) is 17.8 Å². The van der Waals surface area contributed by atoms with Crippen LogP contribution in [0.15, 0.2) is 48.9 Å². The summed E-state index contributed by atoms with van der Waals surface area (Å²) in [4.78, 5) is 26.9. The van der Waals surface area contributed by atoms with Gasteiger partial charge in [-0.3, -0.25) is 14.8 Å². The lowest BCUT2D eigenvalue weighted by Gasteiger charge is -2.30. The van der Waals surface area contributed by atoms with Gasteiger partial charge in [0.15, 0.2) is 0 Å². The van der Waals surface area contributed by atoms with Gasteiger partial charge in [-0.2, -0.15) is 0 Å². The van der Waals surface area contributed by atoms with Gasteiger partial charge in [-0.15, -0.1) is 0 Å². The molecule has 1 saturated heterocycles. The number of carboxylic acids is 1. The quantitative estimate of drug-likeness (QED) is 0.330. The average molecular weight is 512 g/mol. The summed E-state index contributed by atoms with van der Waals surface area (Å²) in [5.41, 5.74) is 2.87. The van der Waals surface area contributed by atoms with Crippen molar-refractivity contribution in [3.8, 4) is 11.3 Å². The number of carboxylic acid groups (broad SMARTS) is 1. The van der Waals surface area contributed by atoms with E-state index in [9.17, 15) is 14.3 Å². The van der Waals surface area contributed by atoms with Crippen molar-refractivity contribution >= 4 is 23.4 Å². The first-order chi connectivity index (χ1) is 17.5. The van der Waals surface area contributed by atoms with Crippen LogP contribution < -0.4 is 5.32 Å². The fourth-order valence-electron chi connectivity index (χ4n) is 4.50. The van der Waals surface area contributed by atoms with E-state index in [1.54, 1.807) is 36.8 Å². The maximum absolute atomic E-state index is 13.9. The Hall–Kier alpha value is -3.10. The number of halogens is 2. The largest absolute Gasteiger partial charge is 0.481 e.